The third-order valence-electron chi connectivity index (χ3n) is 4.27. The molecule has 0 N–H and O–H groups in total. The first kappa shape index (κ1) is 16.2. The Morgan fingerprint density at radius 2 is 1.76 bits per heavy atom. The van der Waals surface area contributed by atoms with Gasteiger partial charge in [0.25, 0.3) is 0 Å². The highest BCUT2D eigenvalue weighted by atomic mass is 32.2. The molecule has 4 nitrogen and oxygen atoms in total. The van der Waals surface area contributed by atoms with Crippen LogP contribution in [0.4, 0.5) is 0 Å². The van der Waals surface area contributed by atoms with E-state index in [0.717, 1.165) is 6.42 Å². The molecule has 1 aromatic carbocycles. The Morgan fingerprint density at radius 3 is 2.19 bits per heavy atom. The normalized spacial score (nSPS) is 20.7. The quantitative estimate of drug-likeness (QED) is 0.807. The van der Waals surface area contributed by atoms with E-state index in [2.05, 4.69) is 20.8 Å². The molecule has 1 fully saturated rings. The van der Waals surface area contributed by atoms with Crippen LogP contribution in [0.1, 0.15) is 44.5 Å². The van der Waals surface area contributed by atoms with Crippen LogP contribution in [0.2, 0.25) is 0 Å². The predicted octanol–water partition coefficient (Wildman–Crippen LogP) is 2.95. The van der Waals surface area contributed by atoms with Crippen molar-refractivity contribution in [1.82, 2.24) is 4.31 Å². The standard InChI is InChI=1S/C16H23NO3S/c1-12(18)13-5-7-15(8-6-13)21(19,20)17-10-9-14(11-17)16(2,3)4/h5-8,14H,9-11H2,1-4H3. The van der Waals surface area contributed by atoms with Gasteiger partial charge >= 0.3 is 0 Å². The van der Waals surface area contributed by atoms with Gasteiger partial charge in [-0.15, -0.1) is 0 Å². The monoisotopic (exact) mass is 309 g/mol. The van der Waals surface area contributed by atoms with E-state index >= 15 is 0 Å². The summed E-state index contributed by atoms with van der Waals surface area (Å²) >= 11 is 0. The van der Waals surface area contributed by atoms with E-state index in [9.17, 15) is 13.2 Å². The van der Waals surface area contributed by atoms with Crippen molar-refractivity contribution in [2.24, 2.45) is 11.3 Å². The molecule has 0 bridgehead atoms. The van der Waals surface area contributed by atoms with Crippen LogP contribution >= 0.6 is 0 Å². The maximum absolute atomic E-state index is 12.6. The van der Waals surface area contributed by atoms with Crippen LogP contribution in [-0.4, -0.2) is 31.6 Å². The van der Waals surface area contributed by atoms with Gasteiger partial charge in [0.1, 0.15) is 0 Å². The lowest BCUT2D eigenvalue weighted by atomic mass is 9.80. The molecule has 116 valence electrons. The van der Waals surface area contributed by atoms with Gasteiger partial charge in [-0.1, -0.05) is 32.9 Å². The molecule has 0 aliphatic carbocycles. The van der Waals surface area contributed by atoms with Crippen LogP contribution in [0.5, 0.6) is 0 Å². The summed E-state index contributed by atoms with van der Waals surface area (Å²) in [7, 11) is -3.45. The zero-order chi connectivity index (χ0) is 15.8. The summed E-state index contributed by atoms with van der Waals surface area (Å²) in [6.45, 7) is 9.05. The summed E-state index contributed by atoms with van der Waals surface area (Å²) in [4.78, 5) is 11.5. The molecule has 21 heavy (non-hydrogen) atoms. The smallest absolute Gasteiger partial charge is 0.243 e. The van der Waals surface area contributed by atoms with Gasteiger partial charge in [0.2, 0.25) is 10.0 Å². The minimum Gasteiger partial charge on any atom is -0.295 e. The summed E-state index contributed by atoms with van der Waals surface area (Å²) in [5, 5.41) is 0. The summed E-state index contributed by atoms with van der Waals surface area (Å²) in [6.07, 6.45) is 0.897. The molecule has 0 saturated carbocycles. The molecule has 1 aromatic rings. The molecule has 0 radical (unpaired) electrons. The van der Waals surface area contributed by atoms with E-state index in [-0.39, 0.29) is 16.1 Å². The maximum atomic E-state index is 12.6. The van der Waals surface area contributed by atoms with E-state index in [1.807, 2.05) is 0 Å². The molecule has 0 aromatic heterocycles. The van der Waals surface area contributed by atoms with Crippen molar-refractivity contribution in [3.05, 3.63) is 29.8 Å². The van der Waals surface area contributed by atoms with Crippen molar-refractivity contribution < 1.29 is 13.2 Å². The second-order valence-corrected chi connectivity index (χ2v) is 8.73. The van der Waals surface area contributed by atoms with Crippen LogP contribution in [-0.2, 0) is 10.0 Å². The second-order valence-electron chi connectivity index (χ2n) is 6.80. The molecular weight excluding hydrogens is 286 g/mol. The Morgan fingerprint density at radius 1 is 1.19 bits per heavy atom. The topological polar surface area (TPSA) is 54.5 Å². The number of sulfonamides is 1. The highest BCUT2D eigenvalue weighted by molar-refractivity contribution is 7.89. The summed E-state index contributed by atoms with van der Waals surface area (Å²) < 4.78 is 26.8. The fraction of sp³-hybridized carbons (Fsp3) is 0.562. The molecule has 1 heterocycles. The number of carbonyl (C=O) groups excluding carboxylic acids is 1. The van der Waals surface area contributed by atoms with Gasteiger partial charge in [0.05, 0.1) is 4.90 Å². The van der Waals surface area contributed by atoms with Gasteiger partial charge in [-0.25, -0.2) is 8.42 Å². The first-order valence-corrected chi connectivity index (χ1v) is 8.67. The zero-order valence-electron chi connectivity index (χ0n) is 13.1. The zero-order valence-corrected chi connectivity index (χ0v) is 13.9. The molecular formula is C16H23NO3S. The summed E-state index contributed by atoms with van der Waals surface area (Å²) in [5.74, 6) is 0.316. The minimum atomic E-state index is -3.45. The van der Waals surface area contributed by atoms with Gasteiger partial charge in [-0.3, -0.25) is 4.79 Å². The lowest BCUT2D eigenvalue weighted by Gasteiger charge is -2.26. The number of rotatable bonds is 3. The molecule has 5 heteroatoms. The molecule has 1 unspecified atom stereocenters. The molecule has 1 saturated heterocycles. The average Bonchev–Trinajstić information content (AvgIpc) is 2.89. The Bertz CT molecular complexity index is 626. The average molecular weight is 309 g/mol. The van der Waals surface area contributed by atoms with Crippen molar-refractivity contribution >= 4 is 15.8 Å². The van der Waals surface area contributed by atoms with Crippen LogP contribution in [0.15, 0.2) is 29.2 Å². The first-order chi connectivity index (χ1) is 9.62. The largest absolute Gasteiger partial charge is 0.295 e. The Labute approximate surface area is 127 Å². The van der Waals surface area contributed by atoms with Gasteiger partial charge in [0.15, 0.2) is 5.78 Å². The van der Waals surface area contributed by atoms with E-state index in [4.69, 9.17) is 0 Å². The van der Waals surface area contributed by atoms with E-state index in [1.165, 1.54) is 19.1 Å². The number of ketones is 1. The van der Waals surface area contributed by atoms with E-state index in [0.29, 0.717) is 24.6 Å². The summed E-state index contributed by atoms with van der Waals surface area (Å²) in [6, 6.07) is 6.20. The van der Waals surface area contributed by atoms with Crippen LogP contribution in [0.3, 0.4) is 0 Å². The third kappa shape index (κ3) is 3.35. The van der Waals surface area contributed by atoms with Crippen molar-refractivity contribution in [1.29, 1.82) is 0 Å². The second kappa shape index (κ2) is 5.54. The number of benzene rings is 1. The van der Waals surface area contributed by atoms with E-state index < -0.39 is 10.0 Å². The fourth-order valence-corrected chi connectivity index (χ4v) is 4.16. The van der Waals surface area contributed by atoms with Crippen molar-refractivity contribution in [3.63, 3.8) is 0 Å². The SMILES string of the molecule is CC(=O)c1ccc(S(=O)(=O)N2CCC(C(C)(C)C)C2)cc1. The molecule has 0 amide bonds. The molecule has 1 atom stereocenters. The maximum Gasteiger partial charge on any atom is 0.243 e. The van der Waals surface area contributed by atoms with Gasteiger partial charge < -0.3 is 0 Å². The molecule has 0 spiro atoms. The van der Waals surface area contributed by atoms with Crippen LogP contribution < -0.4 is 0 Å². The third-order valence-corrected chi connectivity index (χ3v) is 6.15. The Hall–Kier alpha value is -1.20. The molecule has 1 aliphatic rings. The van der Waals surface area contributed by atoms with Crippen molar-refractivity contribution in [2.45, 2.75) is 39.0 Å². The fourth-order valence-electron chi connectivity index (χ4n) is 2.66. The number of hydrogen-bond acceptors (Lipinski definition) is 3. The highest BCUT2D eigenvalue weighted by Gasteiger charge is 2.37. The number of nitrogens with zero attached hydrogens (tertiary/aromatic N) is 1. The lowest BCUT2D eigenvalue weighted by Crippen LogP contribution is -2.31. The van der Waals surface area contributed by atoms with Crippen molar-refractivity contribution in [2.75, 3.05) is 13.1 Å². The Kier molecular flexibility index (Phi) is 4.26. The van der Waals surface area contributed by atoms with Gasteiger partial charge in [-0.2, -0.15) is 4.31 Å². The first-order valence-electron chi connectivity index (χ1n) is 7.23. The Balaban J connectivity index is 2.21. The number of Topliss-reactive ketones (excluding diaryl/α,β-unsaturated/α-hetero) is 1. The van der Waals surface area contributed by atoms with E-state index in [1.54, 1.807) is 16.4 Å². The predicted molar refractivity (Wildman–Crippen MR) is 82.8 cm³/mol. The van der Waals surface area contributed by atoms with Gasteiger partial charge in [0, 0.05) is 18.7 Å². The number of carbonyl (C=O) groups is 1. The molecule has 1 aliphatic heterocycles. The van der Waals surface area contributed by atoms with Crippen LogP contribution in [0.25, 0.3) is 0 Å². The van der Waals surface area contributed by atoms with Gasteiger partial charge in [-0.05, 0) is 36.8 Å². The molecule has 2 rings (SSSR count). The summed E-state index contributed by atoms with van der Waals surface area (Å²) in [5.41, 5.74) is 0.644. The van der Waals surface area contributed by atoms with Crippen LogP contribution in [0, 0.1) is 11.3 Å². The number of hydrogen-bond donors (Lipinski definition) is 0. The van der Waals surface area contributed by atoms with Crippen molar-refractivity contribution in [3.8, 4) is 0 Å². The highest BCUT2D eigenvalue weighted by Crippen LogP contribution is 2.35. The minimum absolute atomic E-state index is 0.0621. The lowest BCUT2D eigenvalue weighted by molar-refractivity contribution is 0.101.